The second-order valence-electron chi connectivity index (χ2n) is 2.91. The third kappa shape index (κ3) is 3.45. The fourth-order valence-corrected chi connectivity index (χ4v) is 1.20. The molecule has 1 rings (SSSR count). The smallest absolute Gasteiger partial charge is 0.248 e. The van der Waals surface area contributed by atoms with Crippen LogP contribution in [0.25, 0.3) is 0 Å². The highest BCUT2D eigenvalue weighted by Gasteiger charge is 2.11. The number of rotatable bonds is 4. The molecule has 4 N–H and O–H groups in total. The van der Waals surface area contributed by atoms with Crippen LogP contribution in [0.15, 0.2) is 10.7 Å². The van der Waals surface area contributed by atoms with Crippen LogP contribution in [-0.2, 0) is 4.79 Å². The summed E-state index contributed by atoms with van der Waals surface area (Å²) in [5, 5.41) is 11.9. The molecule has 0 spiro atoms. The number of primary amides is 1. The molecule has 1 heterocycles. The number of aryl methyl sites for hydroxylation is 1. The van der Waals surface area contributed by atoms with E-state index < -0.39 is 12.0 Å². The molecule has 0 saturated carbocycles. The van der Waals surface area contributed by atoms with Crippen molar-refractivity contribution in [1.82, 2.24) is 9.97 Å². The molecule has 7 heteroatoms. The Bertz CT molecular complexity index is 372. The maximum atomic E-state index is 10.6. The Morgan fingerprint density at radius 3 is 3.07 bits per heavy atom. The third-order valence-corrected chi connectivity index (χ3v) is 2.24. The van der Waals surface area contributed by atoms with E-state index in [4.69, 9.17) is 10.8 Å². The molecule has 0 aromatic carbocycles. The van der Waals surface area contributed by atoms with Gasteiger partial charge in [0, 0.05) is 6.20 Å². The lowest BCUT2D eigenvalue weighted by atomic mass is 10.3. The van der Waals surface area contributed by atoms with E-state index >= 15 is 0 Å². The minimum Gasteiger partial charge on any atom is -0.381 e. The molecule has 1 aromatic rings. The van der Waals surface area contributed by atoms with Crippen LogP contribution in [0.3, 0.4) is 0 Å². The molecule has 0 aliphatic carbocycles. The predicted octanol–water partition coefficient (Wildman–Crippen LogP) is -0.194. The van der Waals surface area contributed by atoms with Crippen molar-refractivity contribution in [3.8, 4) is 0 Å². The SMILES string of the molecule is Cc1ncc(Br)c(NCC(O)C(N)=O)n1. The molecule has 0 aliphatic rings. The Hall–Kier alpha value is -1.21. The fourth-order valence-electron chi connectivity index (χ4n) is 0.873. The highest BCUT2D eigenvalue weighted by atomic mass is 79.9. The number of carbonyl (C=O) groups is 1. The summed E-state index contributed by atoms with van der Waals surface area (Å²) in [6, 6.07) is 0. The molecule has 1 unspecified atom stereocenters. The van der Waals surface area contributed by atoms with Crippen LogP contribution in [0.1, 0.15) is 5.82 Å². The summed E-state index contributed by atoms with van der Waals surface area (Å²) in [7, 11) is 0. The number of aliphatic hydroxyl groups is 1. The van der Waals surface area contributed by atoms with Crippen molar-refractivity contribution in [1.29, 1.82) is 0 Å². The standard InChI is InChI=1S/C8H11BrN4O2/c1-4-11-2-5(9)8(13-4)12-3-6(14)7(10)15/h2,6,14H,3H2,1H3,(H2,10,15)(H,11,12,13). The van der Waals surface area contributed by atoms with Gasteiger partial charge in [-0.25, -0.2) is 9.97 Å². The first-order chi connectivity index (χ1) is 7.00. The Morgan fingerprint density at radius 2 is 2.47 bits per heavy atom. The molecule has 15 heavy (non-hydrogen) atoms. The number of nitrogens with zero attached hydrogens (tertiary/aromatic N) is 2. The summed E-state index contributed by atoms with van der Waals surface area (Å²) >= 11 is 3.23. The summed E-state index contributed by atoms with van der Waals surface area (Å²) < 4.78 is 0.657. The molecule has 1 atom stereocenters. The summed E-state index contributed by atoms with van der Waals surface area (Å²) in [6.07, 6.45) is 0.355. The van der Waals surface area contributed by atoms with E-state index in [9.17, 15) is 4.79 Å². The predicted molar refractivity (Wildman–Crippen MR) is 58.2 cm³/mol. The van der Waals surface area contributed by atoms with Crippen molar-refractivity contribution < 1.29 is 9.90 Å². The van der Waals surface area contributed by atoms with Crippen LogP contribution in [0, 0.1) is 6.92 Å². The first-order valence-electron chi connectivity index (χ1n) is 4.21. The van der Waals surface area contributed by atoms with Crippen LogP contribution < -0.4 is 11.1 Å². The van der Waals surface area contributed by atoms with E-state index in [-0.39, 0.29) is 6.54 Å². The Labute approximate surface area is 95.0 Å². The van der Waals surface area contributed by atoms with Gasteiger partial charge >= 0.3 is 0 Å². The van der Waals surface area contributed by atoms with Gasteiger partial charge in [-0.2, -0.15) is 0 Å². The maximum absolute atomic E-state index is 10.6. The van der Waals surface area contributed by atoms with Gasteiger partial charge in [0.25, 0.3) is 0 Å². The third-order valence-electron chi connectivity index (χ3n) is 1.66. The van der Waals surface area contributed by atoms with E-state index in [1.807, 2.05) is 0 Å². The van der Waals surface area contributed by atoms with E-state index in [2.05, 4.69) is 31.2 Å². The lowest BCUT2D eigenvalue weighted by Crippen LogP contribution is -2.34. The van der Waals surface area contributed by atoms with Crippen LogP contribution in [0.2, 0.25) is 0 Å². The molecule has 0 radical (unpaired) electrons. The molecule has 1 amide bonds. The highest BCUT2D eigenvalue weighted by molar-refractivity contribution is 9.10. The van der Waals surface area contributed by atoms with Crippen molar-refractivity contribution in [3.05, 3.63) is 16.5 Å². The molecular weight excluding hydrogens is 264 g/mol. The number of hydrogen-bond donors (Lipinski definition) is 3. The average molecular weight is 275 g/mol. The normalized spacial score (nSPS) is 12.2. The molecule has 0 aliphatic heterocycles. The zero-order valence-electron chi connectivity index (χ0n) is 8.07. The van der Waals surface area contributed by atoms with E-state index in [1.54, 1.807) is 13.1 Å². The molecule has 0 saturated heterocycles. The number of hydrogen-bond acceptors (Lipinski definition) is 5. The lowest BCUT2D eigenvalue weighted by molar-refractivity contribution is -0.125. The number of amides is 1. The lowest BCUT2D eigenvalue weighted by Gasteiger charge is -2.10. The minimum atomic E-state index is -1.23. The summed E-state index contributed by atoms with van der Waals surface area (Å²) in [5.74, 6) is 0.335. The van der Waals surface area contributed by atoms with Gasteiger partial charge in [0.15, 0.2) is 0 Å². The number of nitrogens with one attached hydrogen (secondary N) is 1. The van der Waals surface area contributed by atoms with Crippen molar-refractivity contribution in [2.24, 2.45) is 5.73 Å². The monoisotopic (exact) mass is 274 g/mol. The molecule has 0 bridgehead atoms. The summed E-state index contributed by atoms with van der Waals surface area (Å²) in [4.78, 5) is 18.6. The molecule has 82 valence electrons. The number of carbonyl (C=O) groups excluding carboxylic acids is 1. The number of aliphatic hydroxyl groups excluding tert-OH is 1. The van der Waals surface area contributed by atoms with Gasteiger partial charge in [-0.05, 0) is 22.9 Å². The number of halogens is 1. The van der Waals surface area contributed by atoms with Gasteiger partial charge in [-0.15, -0.1) is 0 Å². The minimum absolute atomic E-state index is 0.0182. The number of anilines is 1. The second-order valence-corrected chi connectivity index (χ2v) is 3.77. The molecule has 1 aromatic heterocycles. The maximum Gasteiger partial charge on any atom is 0.248 e. The Kier molecular flexibility index (Phi) is 3.98. The largest absolute Gasteiger partial charge is 0.381 e. The quantitative estimate of drug-likeness (QED) is 0.706. The van der Waals surface area contributed by atoms with Crippen LogP contribution in [0.4, 0.5) is 5.82 Å². The van der Waals surface area contributed by atoms with Crippen LogP contribution >= 0.6 is 15.9 Å². The summed E-state index contributed by atoms with van der Waals surface area (Å²) in [5.41, 5.74) is 4.89. The van der Waals surface area contributed by atoms with E-state index in [0.29, 0.717) is 16.1 Å². The van der Waals surface area contributed by atoms with E-state index in [0.717, 1.165) is 0 Å². The average Bonchev–Trinajstić information content (AvgIpc) is 2.18. The van der Waals surface area contributed by atoms with Crippen molar-refractivity contribution in [2.75, 3.05) is 11.9 Å². The first kappa shape index (κ1) is 11.9. The highest BCUT2D eigenvalue weighted by Crippen LogP contribution is 2.17. The van der Waals surface area contributed by atoms with Gasteiger partial charge in [0.05, 0.1) is 11.0 Å². The molecule has 0 fully saturated rings. The topological polar surface area (TPSA) is 101 Å². The van der Waals surface area contributed by atoms with Crippen molar-refractivity contribution in [2.45, 2.75) is 13.0 Å². The zero-order chi connectivity index (χ0) is 11.4. The summed E-state index contributed by atoms with van der Waals surface area (Å²) in [6.45, 7) is 1.76. The second kappa shape index (κ2) is 5.04. The first-order valence-corrected chi connectivity index (χ1v) is 5.00. The van der Waals surface area contributed by atoms with Gasteiger partial charge < -0.3 is 16.2 Å². The van der Waals surface area contributed by atoms with Crippen LogP contribution in [-0.4, -0.2) is 33.6 Å². The van der Waals surface area contributed by atoms with E-state index in [1.165, 1.54) is 0 Å². The molecular formula is C8H11BrN4O2. The van der Waals surface area contributed by atoms with Crippen molar-refractivity contribution in [3.63, 3.8) is 0 Å². The van der Waals surface area contributed by atoms with Crippen LogP contribution in [0.5, 0.6) is 0 Å². The van der Waals surface area contributed by atoms with Crippen molar-refractivity contribution >= 4 is 27.7 Å². The molecule has 6 nitrogen and oxygen atoms in total. The van der Waals surface area contributed by atoms with Gasteiger partial charge in [0.2, 0.25) is 5.91 Å². The fraction of sp³-hybridized carbons (Fsp3) is 0.375. The van der Waals surface area contributed by atoms with Gasteiger partial charge in [-0.3, -0.25) is 4.79 Å². The number of nitrogens with two attached hydrogens (primary N) is 1. The Balaban J connectivity index is 2.65. The van der Waals surface area contributed by atoms with Gasteiger partial charge in [-0.1, -0.05) is 0 Å². The van der Waals surface area contributed by atoms with Gasteiger partial charge in [0.1, 0.15) is 17.7 Å². The zero-order valence-corrected chi connectivity index (χ0v) is 9.65. The number of aromatic nitrogens is 2. The Morgan fingerprint density at radius 1 is 1.80 bits per heavy atom.